The third-order valence-electron chi connectivity index (χ3n) is 6.80. The van der Waals surface area contributed by atoms with Gasteiger partial charge >= 0.3 is 10.3 Å². The minimum atomic E-state index is -4.08. The van der Waals surface area contributed by atoms with Crippen molar-refractivity contribution >= 4 is 50.8 Å². The van der Waals surface area contributed by atoms with E-state index in [1.807, 2.05) is 23.9 Å². The van der Waals surface area contributed by atoms with Crippen LogP contribution in [0.3, 0.4) is 0 Å². The average Bonchev–Trinajstić information content (AvgIpc) is 3.53. The van der Waals surface area contributed by atoms with E-state index in [1.165, 1.54) is 28.8 Å². The fourth-order valence-corrected chi connectivity index (χ4v) is 8.09. The van der Waals surface area contributed by atoms with Gasteiger partial charge in [-0.25, -0.2) is 15.1 Å². The summed E-state index contributed by atoms with van der Waals surface area (Å²) in [6.07, 6.45) is 2.12. The molecule has 2 aliphatic rings. The van der Waals surface area contributed by atoms with Crippen LogP contribution in [0.1, 0.15) is 56.2 Å². The molecule has 0 spiro atoms. The second kappa shape index (κ2) is 10.8. The number of nitrogens with one attached hydrogen (secondary N) is 1. The first-order chi connectivity index (χ1) is 17.6. The van der Waals surface area contributed by atoms with Crippen LogP contribution >= 0.6 is 34.7 Å². The van der Waals surface area contributed by atoms with Crippen molar-refractivity contribution in [3.05, 3.63) is 73.8 Å². The quantitative estimate of drug-likeness (QED) is 0.312. The van der Waals surface area contributed by atoms with E-state index in [-0.39, 0.29) is 17.9 Å². The Balaban J connectivity index is 1.33. The van der Waals surface area contributed by atoms with Gasteiger partial charge in [0, 0.05) is 44.2 Å². The number of benzene rings is 1. The lowest BCUT2D eigenvalue weighted by Crippen LogP contribution is -2.24. The van der Waals surface area contributed by atoms with E-state index < -0.39 is 28.4 Å². The lowest BCUT2D eigenvalue weighted by Gasteiger charge is -2.18. The zero-order valence-corrected chi connectivity index (χ0v) is 23.1. The number of anilines is 1. The molecule has 5 atom stereocenters. The van der Waals surface area contributed by atoms with Crippen molar-refractivity contribution in [1.82, 2.24) is 9.97 Å². The molecule has 1 fully saturated rings. The van der Waals surface area contributed by atoms with Gasteiger partial charge in [0.2, 0.25) is 0 Å². The molecule has 5 rings (SSSR count). The highest BCUT2D eigenvalue weighted by Crippen LogP contribution is 2.49. The molecule has 1 saturated carbocycles. The molecule has 2 unspecified atom stereocenters. The molecule has 13 heteroatoms. The molecule has 0 saturated heterocycles. The minimum Gasteiger partial charge on any atom is -0.393 e. The van der Waals surface area contributed by atoms with Crippen LogP contribution in [-0.4, -0.2) is 47.4 Å². The Labute approximate surface area is 228 Å². The van der Waals surface area contributed by atoms with E-state index in [0.717, 1.165) is 21.1 Å². The Hall–Kier alpha value is -1.77. The van der Waals surface area contributed by atoms with Gasteiger partial charge in [0.25, 0.3) is 0 Å². The molecule has 37 heavy (non-hydrogen) atoms. The van der Waals surface area contributed by atoms with Crippen LogP contribution in [0.2, 0.25) is 5.02 Å². The van der Waals surface area contributed by atoms with E-state index >= 15 is 0 Å². The van der Waals surface area contributed by atoms with E-state index in [0.29, 0.717) is 29.2 Å². The van der Waals surface area contributed by atoms with Crippen molar-refractivity contribution in [3.63, 3.8) is 0 Å². The summed E-state index contributed by atoms with van der Waals surface area (Å²) < 4.78 is 26.9. The predicted octanol–water partition coefficient (Wildman–Crippen LogP) is 3.69. The molecule has 0 radical (unpaired) electrons. The van der Waals surface area contributed by atoms with Crippen molar-refractivity contribution in [2.24, 2.45) is 11.1 Å². The number of halogens is 1. The lowest BCUT2D eigenvalue weighted by atomic mass is 10.00. The van der Waals surface area contributed by atoms with Crippen LogP contribution < -0.4 is 10.5 Å². The molecule has 1 aliphatic carbocycles. The number of aryl methyl sites for hydroxylation is 1. The van der Waals surface area contributed by atoms with E-state index in [4.69, 9.17) is 16.7 Å². The van der Waals surface area contributed by atoms with Gasteiger partial charge in [0.15, 0.2) is 0 Å². The Bertz CT molecular complexity index is 1400. The van der Waals surface area contributed by atoms with Gasteiger partial charge in [-0.15, -0.1) is 23.1 Å². The Kier molecular flexibility index (Phi) is 7.81. The fourth-order valence-electron chi connectivity index (χ4n) is 4.97. The summed E-state index contributed by atoms with van der Waals surface area (Å²) in [7, 11) is -4.08. The van der Waals surface area contributed by atoms with Gasteiger partial charge in [-0.1, -0.05) is 17.7 Å². The lowest BCUT2D eigenvalue weighted by molar-refractivity contribution is 0.101. The maximum absolute atomic E-state index is 11.4. The molecule has 3 heterocycles. The maximum atomic E-state index is 11.4. The number of rotatable bonds is 8. The molecule has 3 aromatic rings. The molecule has 5 N–H and O–H groups in total. The van der Waals surface area contributed by atoms with Crippen LogP contribution in [0.15, 0.2) is 36.8 Å². The summed E-state index contributed by atoms with van der Waals surface area (Å²) >= 11 is 9.66. The Morgan fingerprint density at radius 1 is 1.30 bits per heavy atom. The molecule has 198 valence electrons. The Morgan fingerprint density at radius 2 is 2.11 bits per heavy atom. The van der Waals surface area contributed by atoms with Crippen LogP contribution in [0.4, 0.5) is 5.82 Å². The fraction of sp³-hybridized carbons (Fsp3) is 0.417. The van der Waals surface area contributed by atoms with Gasteiger partial charge in [-0.05, 0) is 54.7 Å². The highest BCUT2D eigenvalue weighted by molar-refractivity contribution is 7.99. The highest BCUT2D eigenvalue weighted by atomic mass is 35.5. The maximum Gasteiger partial charge on any atom is 0.333 e. The van der Waals surface area contributed by atoms with E-state index in [2.05, 4.69) is 38.5 Å². The largest absolute Gasteiger partial charge is 0.393 e. The van der Waals surface area contributed by atoms with Crippen LogP contribution in [0.5, 0.6) is 0 Å². The smallest absolute Gasteiger partial charge is 0.333 e. The van der Waals surface area contributed by atoms with Crippen molar-refractivity contribution in [3.8, 4) is 0 Å². The van der Waals surface area contributed by atoms with E-state index in [9.17, 15) is 18.6 Å². The molecule has 0 amide bonds. The number of aliphatic hydroxyl groups excluding tert-OH is 2. The summed E-state index contributed by atoms with van der Waals surface area (Å²) in [5, 5.41) is 30.8. The summed E-state index contributed by atoms with van der Waals surface area (Å²) in [5.74, 6) is 0.989. The summed E-state index contributed by atoms with van der Waals surface area (Å²) in [6, 6.07) is 7.88. The molecular formula is C24H27ClN4O5S3. The number of fused-ring (bicyclic) bond motifs is 1. The highest BCUT2D eigenvalue weighted by Gasteiger charge is 2.35. The predicted molar refractivity (Wildman–Crippen MR) is 145 cm³/mol. The number of hydrogen-bond donors (Lipinski definition) is 4. The summed E-state index contributed by atoms with van der Waals surface area (Å²) in [4.78, 5) is 10.4. The monoisotopic (exact) mass is 582 g/mol. The molecule has 1 aliphatic heterocycles. The average molecular weight is 583 g/mol. The third-order valence-corrected chi connectivity index (χ3v) is 9.94. The first kappa shape index (κ1) is 26.8. The van der Waals surface area contributed by atoms with Gasteiger partial charge in [-0.2, -0.15) is 8.42 Å². The van der Waals surface area contributed by atoms with Crippen molar-refractivity contribution < 1.29 is 22.8 Å². The minimum absolute atomic E-state index is 0.159. The molecular weight excluding hydrogens is 556 g/mol. The van der Waals surface area contributed by atoms with Crippen LogP contribution in [0.25, 0.3) is 0 Å². The zero-order chi connectivity index (χ0) is 26.3. The molecule has 1 aromatic carbocycles. The molecule has 2 aromatic heterocycles. The Morgan fingerprint density at radius 3 is 2.89 bits per heavy atom. The zero-order valence-electron chi connectivity index (χ0n) is 19.9. The second-order valence-electron chi connectivity index (χ2n) is 9.34. The normalized spacial score (nSPS) is 24.2. The first-order valence-corrected chi connectivity index (χ1v) is 15.4. The number of hydrogen-bond acceptors (Lipinski definition) is 10. The number of nitrogens with zero attached hydrogens (tertiary/aromatic N) is 2. The number of aromatic nitrogens is 2. The van der Waals surface area contributed by atoms with Crippen molar-refractivity contribution in [1.29, 1.82) is 0 Å². The van der Waals surface area contributed by atoms with Crippen molar-refractivity contribution in [2.75, 3.05) is 11.9 Å². The van der Waals surface area contributed by atoms with Gasteiger partial charge in [0.1, 0.15) is 18.2 Å². The SMILES string of the molecule is Cc1sc(C(O)c2cncnc2N[C@@H]2C[C@H](COS(N)(=O)=O)[C@@H](O)C2)cc1C1SCc2ccc(Cl)cc21. The first-order valence-electron chi connectivity index (χ1n) is 11.7. The number of thiophene rings is 1. The van der Waals surface area contributed by atoms with E-state index in [1.54, 1.807) is 6.20 Å². The molecule has 9 nitrogen and oxygen atoms in total. The van der Waals surface area contributed by atoms with Crippen LogP contribution in [-0.2, 0) is 20.2 Å². The summed E-state index contributed by atoms with van der Waals surface area (Å²) in [5.41, 5.74) is 4.18. The van der Waals surface area contributed by atoms with Gasteiger partial charge < -0.3 is 15.5 Å². The van der Waals surface area contributed by atoms with Gasteiger partial charge in [-0.3, -0.25) is 4.18 Å². The third kappa shape index (κ3) is 5.96. The second-order valence-corrected chi connectivity index (χ2v) is 13.4. The van der Waals surface area contributed by atoms with Gasteiger partial charge in [0.05, 0.1) is 18.0 Å². The topological polar surface area (TPSA) is 148 Å². The number of aliphatic hydroxyl groups is 2. The van der Waals surface area contributed by atoms with Crippen LogP contribution in [0, 0.1) is 12.8 Å². The van der Waals surface area contributed by atoms with Crippen molar-refractivity contribution in [2.45, 2.75) is 49.0 Å². The number of nitrogens with two attached hydrogens (primary N) is 1. The standard InChI is InChI=1S/C24H27ClN4O5S3/c1-12-17(23-18-5-15(25)3-2-13(18)10-35-23)7-21(36-12)22(31)19-8-27-11-28-24(19)29-16-4-14(20(30)6-16)9-34-37(26,32)33/h2-3,5,7-8,11,14,16,20,22-23,30-31H,4,6,9-10H2,1H3,(H2,26,32,33)(H,27,28,29)/t14-,16-,20+,22?,23?/m1/s1. The summed E-state index contributed by atoms with van der Waals surface area (Å²) in [6.45, 7) is 1.87. The number of thioether (sulfide) groups is 1. The molecule has 0 bridgehead atoms.